The Labute approximate surface area is 127 Å². The predicted octanol–water partition coefficient (Wildman–Crippen LogP) is 3.65. The van der Waals surface area contributed by atoms with Gasteiger partial charge in [-0.15, -0.1) is 0 Å². The summed E-state index contributed by atoms with van der Waals surface area (Å²) < 4.78 is 0. The lowest BCUT2D eigenvalue weighted by Crippen LogP contribution is -2.14. The third-order valence-electron chi connectivity index (χ3n) is 2.61. The van der Waals surface area contributed by atoms with Crippen molar-refractivity contribution >= 4 is 35.0 Å². The van der Waals surface area contributed by atoms with Crippen LogP contribution in [0.25, 0.3) is 0 Å². The highest BCUT2D eigenvalue weighted by Crippen LogP contribution is 2.20. The molecule has 5 heteroatoms. The minimum atomic E-state index is -0.0379. The van der Waals surface area contributed by atoms with Crippen LogP contribution in [0.2, 0.25) is 5.02 Å². The van der Waals surface area contributed by atoms with Gasteiger partial charge in [-0.1, -0.05) is 29.8 Å². The highest BCUT2D eigenvalue weighted by atomic mass is 35.5. The first-order chi connectivity index (χ1) is 9.75. The molecule has 0 saturated heterocycles. The lowest BCUT2D eigenvalue weighted by molar-refractivity contribution is -0.113. The van der Waals surface area contributed by atoms with Crippen LogP contribution >= 0.6 is 23.4 Å². The summed E-state index contributed by atoms with van der Waals surface area (Å²) in [5, 5.41) is 3.36. The average Bonchev–Trinajstić information content (AvgIpc) is 2.47. The number of anilines is 1. The van der Waals surface area contributed by atoms with Crippen molar-refractivity contribution in [2.75, 3.05) is 16.8 Å². The molecule has 0 unspecified atom stereocenters. The Morgan fingerprint density at radius 1 is 1.20 bits per heavy atom. The number of benzene rings is 1. The number of nitrogens with one attached hydrogen (secondary N) is 1. The SMILES string of the molecule is O=C(CSCCc1ccccn1)Nc1ccccc1Cl. The summed E-state index contributed by atoms with van der Waals surface area (Å²) >= 11 is 7.57. The summed E-state index contributed by atoms with van der Waals surface area (Å²) in [6.07, 6.45) is 2.65. The van der Waals surface area contributed by atoms with Crippen molar-refractivity contribution in [3.05, 3.63) is 59.4 Å². The summed E-state index contributed by atoms with van der Waals surface area (Å²) in [6.45, 7) is 0. The molecule has 0 bridgehead atoms. The summed E-state index contributed by atoms with van der Waals surface area (Å²) in [6, 6.07) is 13.1. The Bertz CT molecular complexity index is 563. The average molecular weight is 307 g/mol. The molecule has 0 radical (unpaired) electrons. The molecule has 1 heterocycles. The summed E-state index contributed by atoms with van der Waals surface area (Å²) in [4.78, 5) is 16.0. The monoisotopic (exact) mass is 306 g/mol. The van der Waals surface area contributed by atoms with Crippen LogP contribution in [0.1, 0.15) is 5.69 Å². The van der Waals surface area contributed by atoms with Gasteiger partial charge in [0.15, 0.2) is 0 Å². The number of amides is 1. The number of halogens is 1. The van der Waals surface area contributed by atoms with Gasteiger partial charge >= 0.3 is 0 Å². The fraction of sp³-hybridized carbons (Fsp3) is 0.200. The van der Waals surface area contributed by atoms with Crippen LogP contribution in [-0.2, 0) is 11.2 Å². The quantitative estimate of drug-likeness (QED) is 0.828. The summed E-state index contributed by atoms with van der Waals surface area (Å²) in [5.41, 5.74) is 1.70. The summed E-state index contributed by atoms with van der Waals surface area (Å²) in [7, 11) is 0. The number of nitrogens with zero attached hydrogens (tertiary/aromatic N) is 1. The van der Waals surface area contributed by atoms with Crippen molar-refractivity contribution in [2.24, 2.45) is 0 Å². The molecule has 0 fully saturated rings. The van der Waals surface area contributed by atoms with E-state index < -0.39 is 0 Å². The maximum absolute atomic E-state index is 11.8. The van der Waals surface area contributed by atoms with Crippen LogP contribution in [0.4, 0.5) is 5.69 Å². The second kappa shape index (κ2) is 7.92. The zero-order valence-corrected chi connectivity index (χ0v) is 12.5. The predicted molar refractivity (Wildman–Crippen MR) is 85.3 cm³/mol. The van der Waals surface area contributed by atoms with E-state index in [1.54, 1.807) is 30.1 Å². The van der Waals surface area contributed by atoms with Crippen LogP contribution in [0.3, 0.4) is 0 Å². The molecule has 1 aromatic heterocycles. The molecule has 2 aromatic rings. The second-order valence-electron chi connectivity index (χ2n) is 4.15. The molecule has 3 nitrogen and oxygen atoms in total. The Hall–Kier alpha value is -1.52. The van der Waals surface area contributed by atoms with E-state index in [2.05, 4.69) is 10.3 Å². The molecule has 0 atom stereocenters. The normalized spacial score (nSPS) is 10.2. The molecule has 1 aromatic carbocycles. The Morgan fingerprint density at radius 3 is 2.75 bits per heavy atom. The van der Waals surface area contributed by atoms with Crippen molar-refractivity contribution in [3.63, 3.8) is 0 Å². The van der Waals surface area contributed by atoms with Crippen LogP contribution < -0.4 is 5.32 Å². The van der Waals surface area contributed by atoms with Crippen molar-refractivity contribution in [2.45, 2.75) is 6.42 Å². The van der Waals surface area contributed by atoms with Gasteiger partial charge in [0.1, 0.15) is 0 Å². The molecule has 20 heavy (non-hydrogen) atoms. The molecule has 1 N–H and O–H groups in total. The van der Waals surface area contributed by atoms with E-state index in [0.29, 0.717) is 16.5 Å². The van der Waals surface area contributed by atoms with Crippen molar-refractivity contribution in [1.29, 1.82) is 0 Å². The van der Waals surface area contributed by atoms with E-state index in [1.165, 1.54) is 0 Å². The minimum Gasteiger partial charge on any atom is -0.324 e. The Balaban J connectivity index is 1.69. The molecule has 0 aliphatic carbocycles. The van der Waals surface area contributed by atoms with E-state index in [4.69, 9.17) is 11.6 Å². The molecule has 2 rings (SSSR count). The zero-order valence-electron chi connectivity index (χ0n) is 10.9. The molecule has 0 spiro atoms. The Morgan fingerprint density at radius 2 is 2.00 bits per heavy atom. The van der Waals surface area contributed by atoms with Gasteiger partial charge in [-0.05, 0) is 36.4 Å². The number of para-hydroxylation sites is 1. The highest BCUT2D eigenvalue weighted by Gasteiger charge is 2.05. The van der Waals surface area contributed by atoms with Crippen LogP contribution in [-0.4, -0.2) is 22.4 Å². The Kier molecular flexibility index (Phi) is 5.89. The lowest BCUT2D eigenvalue weighted by Gasteiger charge is -2.06. The van der Waals surface area contributed by atoms with E-state index in [1.807, 2.05) is 30.3 Å². The van der Waals surface area contributed by atoms with Gasteiger partial charge in [0.25, 0.3) is 0 Å². The van der Waals surface area contributed by atoms with E-state index in [0.717, 1.165) is 17.9 Å². The smallest absolute Gasteiger partial charge is 0.234 e. The fourth-order valence-electron chi connectivity index (χ4n) is 1.64. The molecular weight excluding hydrogens is 292 g/mol. The van der Waals surface area contributed by atoms with Crippen LogP contribution in [0.5, 0.6) is 0 Å². The van der Waals surface area contributed by atoms with Gasteiger partial charge in [-0.3, -0.25) is 9.78 Å². The molecule has 1 amide bonds. The maximum Gasteiger partial charge on any atom is 0.234 e. The summed E-state index contributed by atoms with van der Waals surface area (Å²) in [5.74, 6) is 1.24. The fourth-order valence-corrected chi connectivity index (χ4v) is 2.57. The third kappa shape index (κ3) is 4.87. The molecule has 0 aliphatic rings. The van der Waals surface area contributed by atoms with Crippen LogP contribution in [0, 0.1) is 0 Å². The minimum absolute atomic E-state index is 0.0379. The van der Waals surface area contributed by atoms with Gasteiger partial charge in [0.05, 0.1) is 16.5 Å². The largest absolute Gasteiger partial charge is 0.324 e. The molecule has 0 aliphatic heterocycles. The number of aromatic nitrogens is 1. The van der Waals surface area contributed by atoms with E-state index in [-0.39, 0.29) is 5.91 Å². The van der Waals surface area contributed by atoms with Gasteiger partial charge in [-0.2, -0.15) is 11.8 Å². The number of aryl methyl sites for hydroxylation is 1. The number of thioether (sulfide) groups is 1. The van der Waals surface area contributed by atoms with Gasteiger partial charge in [0, 0.05) is 11.9 Å². The third-order valence-corrected chi connectivity index (χ3v) is 3.90. The lowest BCUT2D eigenvalue weighted by atomic mass is 10.3. The first-order valence-corrected chi connectivity index (χ1v) is 7.81. The van der Waals surface area contributed by atoms with Gasteiger partial charge in [0.2, 0.25) is 5.91 Å². The van der Waals surface area contributed by atoms with Crippen molar-refractivity contribution in [1.82, 2.24) is 4.98 Å². The molecule has 104 valence electrons. The highest BCUT2D eigenvalue weighted by molar-refractivity contribution is 7.99. The van der Waals surface area contributed by atoms with Gasteiger partial charge in [-0.25, -0.2) is 0 Å². The van der Waals surface area contributed by atoms with Crippen molar-refractivity contribution < 1.29 is 4.79 Å². The van der Waals surface area contributed by atoms with Crippen LogP contribution in [0.15, 0.2) is 48.7 Å². The zero-order chi connectivity index (χ0) is 14.2. The molecular formula is C15H15ClN2OS. The first-order valence-electron chi connectivity index (χ1n) is 6.28. The second-order valence-corrected chi connectivity index (χ2v) is 5.66. The number of carbonyl (C=O) groups excluding carboxylic acids is 1. The first kappa shape index (κ1) is 14.9. The maximum atomic E-state index is 11.8. The number of pyridine rings is 1. The molecule has 0 saturated carbocycles. The van der Waals surface area contributed by atoms with Gasteiger partial charge < -0.3 is 5.32 Å². The standard InChI is InChI=1S/C15H15ClN2OS/c16-13-6-1-2-7-14(13)18-15(19)11-20-10-8-12-5-3-4-9-17-12/h1-7,9H,8,10-11H2,(H,18,19). The van der Waals surface area contributed by atoms with E-state index >= 15 is 0 Å². The topological polar surface area (TPSA) is 42.0 Å². The van der Waals surface area contributed by atoms with Crippen molar-refractivity contribution in [3.8, 4) is 0 Å². The van der Waals surface area contributed by atoms with E-state index in [9.17, 15) is 4.79 Å². The number of hydrogen-bond donors (Lipinski definition) is 1. The number of carbonyl (C=O) groups is 1. The number of hydrogen-bond acceptors (Lipinski definition) is 3. The number of rotatable bonds is 6.